The molecule has 2 aliphatic heterocycles. The molecule has 0 spiro atoms. The molecule has 2 heterocycles. The van der Waals surface area contributed by atoms with Gasteiger partial charge in [-0.3, -0.25) is 14.4 Å². The van der Waals surface area contributed by atoms with Gasteiger partial charge in [0.15, 0.2) is 11.5 Å². The first-order valence-electron chi connectivity index (χ1n) is 9.16. The van der Waals surface area contributed by atoms with Crippen LogP contribution in [0.2, 0.25) is 0 Å². The average molecular weight is 440 g/mol. The molecule has 1 atom stereocenters. The van der Waals surface area contributed by atoms with Crippen molar-refractivity contribution in [2.24, 2.45) is 0 Å². The highest BCUT2D eigenvalue weighted by atomic mass is 32.2. The summed E-state index contributed by atoms with van der Waals surface area (Å²) in [5, 5.41) is 5.16. The second-order valence-corrected chi connectivity index (χ2v) is 9.39. The van der Waals surface area contributed by atoms with Crippen molar-refractivity contribution >= 4 is 27.7 Å². The standard InChI is InChI=1S/C18H24N4O7S/c1-18(10-22(30(3,26)27)9-16(24)21(18)2)17(25)20-8-15(23)19-7-12-4-5-13-14(6-12)29-11-28-13/h4-6H,7-11H2,1-3H3,(H,19,23)(H,20,25)/t18-/m0/s1. The average Bonchev–Trinajstić information content (AvgIpc) is 3.15. The molecule has 11 nitrogen and oxygen atoms in total. The van der Waals surface area contributed by atoms with Gasteiger partial charge in [-0.15, -0.1) is 0 Å². The normalized spacial score (nSPS) is 21.4. The van der Waals surface area contributed by atoms with E-state index in [4.69, 9.17) is 9.47 Å². The molecule has 0 radical (unpaired) electrons. The maximum Gasteiger partial charge on any atom is 0.247 e. The number of carbonyl (C=O) groups is 3. The first kappa shape index (κ1) is 21.8. The highest BCUT2D eigenvalue weighted by Crippen LogP contribution is 2.32. The van der Waals surface area contributed by atoms with Crippen LogP contribution in [0, 0.1) is 0 Å². The Morgan fingerprint density at radius 3 is 2.60 bits per heavy atom. The van der Waals surface area contributed by atoms with Crippen LogP contribution >= 0.6 is 0 Å². The molecule has 3 amide bonds. The second kappa shape index (κ2) is 8.11. The number of amides is 3. The minimum atomic E-state index is -3.65. The summed E-state index contributed by atoms with van der Waals surface area (Å²) in [6, 6.07) is 5.29. The zero-order valence-corrected chi connectivity index (χ0v) is 17.7. The number of piperazine rings is 1. The highest BCUT2D eigenvalue weighted by Gasteiger charge is 2.47. The van der Waals surface area contributed by atoms with Crippen LogP contribution in [0.4, 0.5) is 0 Å². The summed E-state index contributed by atoms with van der Waals surface area (Å²) in [5.74, 6) is -0.320. The van der Waals surface area contributed by atoms with Crippen molar-refractivity contribution in [3.05, 3.63) is 23.8 Å². The number of ether oxygens (including phenoxy) is 2. The molecule has 0 aromatic heterocycles. The quantitative estimate of drug-likeness (QED) is 0.558. The van der Waals surface area contributed by atoms with Gasteiger partial charge in [0.05, 0.1) is 19.3 Å². The van der Waals surface area contributed by atoms with Crippen LogP contribution in [-0.2, 0) is 31.0 Å². The van der Waals surface area contributed by atoms with Gasteiger partial charge < -0.3 is 25.0 Å². The van der Waals surface area contributed by atoms with E-state index in [0.29, 0.717) is 11.5 Å². The van der Waals surface area contributed by atoms with Gasteiger partial charge >= 0.3 is 0 Å². The van der Waals surface area contributed by atoms with Crippen LogP contribution in [-0.4, -0.2) is 80.6 Å². The summed E-state index contributed by atoms with van der Waals surface area (Å²) in [5.41, 5.74) is -0.636. The predicted molar refractivity (Wildman–Crippen MR) is 105 cm³/mol. The third-order valence-corrected chi connectivity index (χ3v) is 6.40. The van der Waals surface area contributed by atoms with Crippen LogP contribution in [0.25, 0.3) is 0 Å². The number of nitrogens with one attached hydrogen (secondary N) is 2. The molecule has 1 aromatic rings. The Bertz CT molecular complexity index is 981. The van der Waals surface area contributed by atoms with E-state index in [2.05, 4.69) is 10.6 Å². The van der Waals surface area contributed by atoms with E-state index < -0.39 is 33.3 Å². The zero-order chi connectivity index (χ0) is 22.1. The van der Waals surface area contributed by atoms with E-state index in [1.807, 2.05) is 0 Å². The molecular formula is C18H24N4O7S. The minimum Gasteiger partial charge on any atom is -0.454 e. The summed E-state index contributed by atoms with van der Waals surface area (Å²) in [6.07, 6.45) is 0.980. The number of hydrogen-bond acceptors (Lipinski definition) is 7. The lowest BCUT2D eigenvalue weighted by Gasteiger charge is -2.44. The molecule has 1 saturated heterocycles. The summed E-state index contributed by atoms with van der Waals surface area (Å²) < 4.78 is 35.2. The number of fused-ring (bicyclic) bond motifs is 1. The Morgan fingerprint density at radius 2 is 1.90 bits per heavy atom. The fourth-order valence-corrected chi connectivity index (χ4v) is 3.99. The molecule has 2 aliphatic rings. The molecule has 0 unspecified atom stereocenters. The Hall–Kier alpha value is -2.86. The lowest BCUT2D eigenvalue weighted by Crippen LogP contribution is -2.68. The Morgan fingerprint density at radius 1 is 1.20 bits per heavy atom. The SMILES string of the molecule is CN1C(=O)CN(S(C)(=O)=O)C[C@@]1(C)C(=O)NCC(=O)NCc1ccc2c(c1)OCO2. The third-order valence-electron chi connectivity index (χ3n) is 5.20. The smallest absolute Gasteiger partial charge is 0.247 e. The molecular weight excluding hydrogens is 416 g/mol. The van der Waals surface area contributed by atoms with Crippen LogP contribution in [0.1, 0.15) is 12.5 Å². The van der Waals surface area contributed by atoms with Crippen molar-refractivity contribution in [1.29, 1.82) is 0 Å². The Kier molecular flexibility index (Phi) is 5.90. The monoisotopic (exact) mass is 440 g/mol. The molecule has 2 N–H and O–H groups in total. The molecule has 1 aromatic carbocycles. The van der Waals surface area contributed by atoms with Crippen LogP contribution in [0.5, 0.6) is 11.5 Å². The largest absolute Gasteiger partial charge is 0.454 e. The number of hydrogen-bond donors (Lipinski definition) is 2. The van der Waals surface area contributed by atoms with Crippen LogP contribution in [0.15, 0.2) is 18.2 Å². The van der Waals surface area contributed by atoms with Gasteiger partial charge in [0.2, 0.25) is 34.5 Å². The third kappa shape index (κ3) is 4.49. The van der Waals surface area contributed by atoms with Gasteiger partial charge in [0.25, 0.3) is 0 Å². The van der Waals surface area contributed by atoms with Gasteiger partial charge in [0.1, 0.15) is 5.54 Å². The van der Waals surface area contributed by atoms with Crippen molar-refractivity contribution in [2.75, 3.05) is 39.7 Å². The van der Waals surface area contributed by atoms with Crippen molar-refractivity contribution in [2.45, 2.75) is 19.0 Å². The summed E-state index contributed by atoms with van der Waals surface area (Å²) in [4.78, 5) is 38.3. The van der Waals surface area contributed by atoms with E-state index in [-0.39, 0.29) is 33.0 Å². The molecule has 164 valence electrons. The van der Waals surface area contributed by atoms with Gasteiger partial charge in [-0.1, -0.05) is 6.07 Å². The lowest BCUT2D eigenvalue weighted by atomic mass is 9.96. The topological polar surface area (TPSA) is 134 Å². The summed E-state index contributed by atoms with van der Waals surface area (Å²) in [7, 11) is -2.22. The first-order chi connectivity index (χ1) is 14.0. The highest BCUT2D eigenvalue weighted by molar-refractivity contribution is 7.88. The number of likely N-dealkylation sites (N-methyl/N-ethyl adjacent to an activating group) is 1. The molecule has 12 heteroatoms. The number of benzene rings is 1. The van der Waals surface area contributed by atoms with Crippen molar-refractivity contribution in [3.8, 4) is 11.5 Å². The minimum absolute atomic E-state index is 0.156. The maximum absolute atomic E-state index is 12.7. The molecule has 3 rings (SSSR count). The van der Waals surface area contributed by atoms with Gasteiger partial charge in [0, 0.05) is 20.1 Å². The Labute approximate surface area is 174 Å². The van der Waals surface area contributed by atoms with E-state index in [9.17, 15) is 22.8 Å². The van der Waals surface area contributed by atoms with Crippen molar-refractivity contribution in [3.63, 3.8) is 0 Å². The van der Waals surface area contributed by atoms with E-state index in [0.717, 1.165) is 16.1 Å². The molecule has 30 heavy (non-hydrogen) atoms. The van der Waals surface area contributed by atoms with Crippen LogP contribution in [0.3, 0.4) is 0 Å². The van der Waals surface area contributed by atoms with Crippen molar-refractivity contribution < 1.29 is 32.3 Å². The van der Waals surface area contributed by atoms with Crippen molar-refractivity contribution in [1.82, 2.24) is 19.8 Å². The Balaban J connectivity index is 1.55. The number of rotatable bonds is 6. The molecule has 0 bridgehead atoms. The second-order valence-electron chi connectivity index (χ2n) is 7.40. The predicted octanol–water partition coefficient (Wildman–Crippen LogP) is -1.36. The number of carbonyl (C=O) groups excluding carboxylic acids is 3. The molecule has 1 fully saturated rings. The first-order valence-corrected chi connectivity index (χ1v) is 11.0. The molecule has 0 aliphatic carbocycles. The number of sulfonamides is 1. The zero-order valence-electron chi connectivity index (χ0n) is 16.9. The van der Waals surface area contributed by atoms with Crippen LogP contribution < -0.4 is 20.1 Å². The van der Waals surface area contributed by atoms with E-state index >= 15 is 0 Å². The lowest BCUT2D eigenvalue weighted by molar-refractivity contribution is -0.150. The van der Waals surface area contributed by atoms with Gasteiger partial charge in [-0.25, -0.2) is 8.42 Å². The summed E-state index contributed by atoms with van der Waals surface area (Å²) >= 11 is 0. The van der Waals surface area contributed by atoms with Gasteiger partial charge in [-0.05, 0) is 24.6 Å². The van der Waals surface area contributed by atoms with E-state index in [1.165, 1.54) is 18.9 Å². The molecule has 0 saturated carbocycles. The fourth-order valence-electron chi connectivity index (χ4n) is 3.16. The summed E-state index contributed by atoms with van der Waals surface area (Å²) in [6.45, 7) is 1.00. The van der Waals surface area contributed by atoms with E-state index in [1.54, 1.807) is 18.2 Å². The van der Waals surface area contributed by atoms with Gasteiger partial charge in [-0.2, -0.15) is 4.31 Å². The fraction of sp³-hybridized carbons (Fsp3) is 0.500. The number of nitrogens with zero attached hydrogens (tertiary/aromatic N) is 2. The maximum atomic E-state index is 12.7.